The Balaban J connectivity index is 0.967. The number of nitrogens with one attached hydrogen (secondary N) is 1. The summed E-state index contributed by atoms with van der Waals surface area (Å²) in [6, 6.07) is 10.2. The number of ether oxygens (including phenoxy) is 1. The Morgan fingerprint density at radius 2 is 1.67 bits per heavy atom. The minimum atomic E-state index is 0.0154. The van der Waals surface area contributed by atoms with Crippen LogP contribution in [0.15, 0.2) is 41.1 Å². The quantitative estimate of drug-likeness (QED) is 0.455. The molecule has 4 heterocycles. The number of benzene rings is 1. The smallest absolute Gasteiger partial charge is 0.260 e. The lowest BCUT2D eigenvalue weighted by Gasteiger charge is -2.43. The molecule has 0 radical (unpaired) electrons. The highest BCUT2D eigenvalue weighted by Gasteiger charge is 2.31. The number of amides is 3. The number of piperazine rings is 1. The third kappa shape index (κ3) is 8.55. The zero-order valence-corrected chi connectivity index (χ0v) is 25.7. The summed E-state index contributed by atoms with van der Waals surface area (Å²) in [4.78, 5) is 47.1. The second-order valence-electron chi connectivity index (χ2n) is 11.9. The Morgan fingerprint density at radius 1 is 0.905 bits per heavy atom. The van der Waals surface area contributed by atoms with Crippen molar-refractivity contribution < 1.29 is 19.1 Å². The van der Waals surface area contributed by atoms with Crippen molar-refractivity contribution in [2.45, 2.75) is 51.6 Å². The third-order valence-electron chi connectivity index (χ3n) is 8.90. The van der Waals surface area contributed by atoms with Crippen molar-refractivity contribution in [3.63, 3.8) is 0 Å². The van der Waals surface area contributed by atoms with Gasteiger partial charge >= 0.3 is 0 Å². The standard InChI is InChI=1S/C32H45N5O4S/c1-25-4-6-29(7-5-25)41-23-31(39)36-18-16-35(17-19-36)28-3-2-13-37(22-28)30(38)8-12-33-32(40)27-9-14-34(15-10-27)21-26-11-20-42-24-26/h4-7,11,20,24,27-28H,2-3,8-10,12-19,21-23H2,1H3,(H,33,40). The summed E-state index contributed by atoms with van der Waals surface area (Å²) in [6.07, 6.45) is 4.14. The van der Waals surface area contributed by atoms with Gasteiger partial charge in [0.1, 0.15) is 5.75 Å². The first kappa shape index (κ1) is 30.5. The van der Waals surface area contributed by atoms with Gasteiger partial charge in [0.2, 0.25) is 11.8 Å². The van der Waals surface area contributed by atoms with Crippen LogP contribution >= 0.6 is 11.3 Å². The Morgan fingerprint density at radius 3 is 2.38 bits per heavy atom. The number of hydrogen-bond acceptors (Lipinski definition) is 7. The molecule has 1 aromatic carbocycles. The Bertz CT molecular complexity index is 1160. The molecule has 1 N–H and O–H groups in total. The van der Waals surface area contributed by atoms with Crippen LogP contribution in [0, 0.1) is 12.8 Å². The van der Waals surface area contributed by atoms with Crippen LogP contribution in [0.3, 0.4) is 0 Å². The van der Waals surface area contributed by atoms with E-state index in [1.165, 1.54) is 5.56 Å². The highest BCUT2D eigenvalue weighted by Crippen LogP contribution is 2.21. The van der Waals surface area contributed by atoms with Crippen molar-refractivity contribution in [3.8, 4) is 5.75 Å². The van der Waals surface area contributed by atoms with Crippen molar-refractivity contribution in [2.24, 2.45) is 5.92 Å². The van der Waals surface area contributed by atoms with Gasteiger partial charge in [-0.1, -0.05) is 17.7 Å². The molecule has 3 amide bonds. The van der Waals surface area contributed by atoms with Crippen molar-refractivity contribution >= 4 is 29.1 Å². The number of likely N-dealkylation sites (tertiary alicyclic amines) is 2. The summed E-state index contributed by atoms with van der Waals surface area (Å²) in [7, 11) is 0. The summed E-state index contributed by atoms with van der Waals surface area (Å²) in [5, 5.41) is 7.33. The predicted octanol–water partition coefficient (Wildman–Crippen LogP) is 2.99. The van der Waals surface area contributed by atoms with E-state index in [0.717, 1.165) is 77.1 Å². The van der Waals surface area contributed by atoms with Crippen LogP contribution in [0.5, 0.6) is 5.75 Å². The Hall–Kier alpha value is -2.95. The van der Waals surface area contributed by atoms with Crippen molar-refractivity contribution in [2.75, 3.05) is 65.5 Å². The molecule has 0 spiro atoms. The van der Waals surface area contributed by atoms with Crippen LogP contribution in [0.2, 0.25) is 0 Å². The van der Waals surface area contributed by atoms with E-state index in [9.17, 15) is 14.4 Å². The van der Waals surface area contributed by atoms with Gasteiger partial charge in [0.25, 0.3) is 5.91 Å². The molecule has 1 unspecified atom stereocenters. The molecule has 2 aromatic rings. The first-order valence-electron chi connectivity index (χ1n) is 15.4. The molecular weight excluding hydrogens is 550 g/mol. The molecule has 1 atom stereocenters. The lowest BCUT2D eigenvalue weighted by molar-refractivity contribution is -0.136. The van der Waals surface area contributed by atoms with Crippen LogP contribution < -0.4 is 10.1 Å². The number of aryl methyl sites for hydroxylation is 1. The molecule has 3 fully saturated rings. The topological polar surface area (TPSA) is 85.4 Å². The van der Waals surface area contributed by atoms with Gasteiger partial charge in [-0.3, -0.25) is 24.2 Å². The molecule has 0 bridgehead atoms. The van der Waals surface area contributed by atoms with Gasteiger partial charge in [-0.15, -0.1) is 0 Å². The van der Waals surface area contributed by atoms with E-state index in [0.29, 0.717) is 37.8 Å². The lowest BCUT2D eigenvalue weighted by Crippen LogP contribution is -2.57. The van der Waals surface area contributed by atoms with Crippen LogP contribution in [-0.2, 0) is 20.9 Å². The maximum absolute atomic E-state index is 13.0. The van der Waals surface area contributed by atoms with Crippen molar-refractivity contribution in [1.82, 2.24) is 24.9 Å². The highest BCUT2D eigenvalue weighted by molar-refractivity contribution is 7.07. The van der Waals surface area contributed by atoms with Gasteiger partial charge < -0.3 is 19.9 Å². The normalized spacial score (nSPS) is 20.8. The summed E-state index contributed by atoms with van der Waals surface area (Å²) >= 11 is 1.72. The molecule has 3 aliphatic heterocycles. The van der Waals surface area contributed by atoms with E-state index in [2.05, 4.69) is 31.9 Å². The summed E-state index contributed by atoms with van der Waals surface area (Å²) in [5.41, 5.74) is 2.50. The van der Waals surface area contributed by atoms with Crippen LogP contribution in [-0.4, -0.2) is 109 Å². The minimum absolute atomic E-state index is 0.0154. The molecule has 0 saturated carbocycles. The van der Waals surface area contributed by atoms with Gasteiger partial charge in [-0.25, -0.2) is 0 Å². The number of thiophene rings is 1. The van der Waals surface area contributed by atoms with Gasteiger partial charge in [0.15, 0.2) is 6.61 Å². The molecule has 228 valence electrons. The number of rotatable bonds is 10. The molecule has 10 heteroatoms. The van der Waals surface area contributed by atoms with Gasteiger partial charge in [0, 0.05) is 70.7 Å². The number of piperidine rings is 2. The number of carbonyl (C=O) groups excluding carboxylic acids is 3. The first-order chi connectivity index (χ1) is 20.4. The maximum Gasteiger partial charge on any atom is 0.260 e. The Kier molecular flexibility index (Phi) is 10.9. The van der Waals surface area contributed by atoms with E-state index in [1.54, 1.807) is 11.3 Å². The molecule has 3 aliphatic rings. The SMILES string of the molecule is Cc1ccc(OCC(=O)N2CCN(C3CCCN(C(=O)CCNC(=O)C4CCN(Cc5ccsc5)CC4)C3)CC2)cc1. The highest BCUT2D eigenvalue weighted by atomic mass is 32.1. The van der Waals surface area contributed by atoms with E-state index in [-0.39, 0.29) is 30.2 Å². The molecule has 9 nitrogen and oxygen atoms in total. The van der Waals surface area contributed by atoms with Gasteiger partial charge in [0.05, 0.1) is 0 Å². The fourth-order valence-electron chi connectivity index (χ4n) is 6.28. The minimum Gasteiger partial charge on any atom is -0.484 e. The summed E-state index contributed by atoms with van der Waals surface area (Å²) in [6.45, 7) is 9.79. The van der Waals surface area contributed by atoms with E-state index >= 15 is 0 Å². The monoisotopic (exact) mass is 595 g/mol. The average Bonchev–Trinajstić information content (AvgIpc) is 3.54. The molecule has 0 aliphatic carbocycles. The molecular formula is C32H45N5O4S. The van der Waals surface area contributed by atoms with E-state index in [1.807, 2.05) is 41.0 Å². The lowest BCUT2D eigenvalue weighted by atomic mass is 9.95. The zero-order valence-electron chi connectivity index (χ0n) is 24.8. The van der Waals surface area contributed by atoms with Crippen LogP contribution in [0.25, 0.3) is 0 Å². The largest absolute Gasteiger partial charge is 0.484 e. The molecule has 1 aromatic heterocycles. The number of carbonyl (C=O) groups is 3. The first-order valence-corrected chi connectivity index (χ1v) is 16.4. The second-order valence-corrected chi connectivity index (χ2v) is 12.7. The summed E-state index contributed by atoms with van der Waals surface area (Å²) in [5.74, 6) is 0.975. The number of hydrogen-bond donors (Lipinski definition) is 1. The van der Waals surface area contributed by atoms with Crippen LogP contribution in [0.1, 0.15) is 43.2 Å². The summed E-state index contributed by atoms with van der Waals surface area (Å²) < 4.78 is 5.69. The van der Waals surface area contributed by atoms with Crippen molar-refractivity contribution in [3.05, 3.63) is 52.2 Å². The van der Waals surface area contributed by atoms with E-state index in [4.69, 9.17) is 4.74 Å². The predicted molar refractivity (Wildman–Crippen MR) is 164 cm³/mol. The maximum atomic E-state index is 13.0. The molecule has 5 rings (SSSR count). The van der Waals surface area contributed by atoms with Crippen LogP contribution in [0.4, 0.5) is 0 Å². The molecule has 42 heavy (non-hydrogen) atoms. The second kappa shape index (κ2) is 15.0. The van der Waals surface area contributed by atoms with E-state index < -0.39 is 0 Å². The zero-order chi connectivity index (χ0) is 29.3. The van der Waals surface area contributed by atoms with Gasteiger partial charge in [-0.2, -0.15) is 11.3 Å². The fraction of sp³-hybridized carbons (Fsp3) is 0.594. The fourth-order valence-corrected chi connectivity index (χ4v) is 6.94. The number of nitrogens with zero attached hydrogens (tertiary/aromatic N) is 4. The van der Waals surface area contributed by atoms with Gasteiger partial charge in [-0.05, 0) is 80.2 Å². The van der Waals surface area contributed by atoms with Crippen molar-refractivity contribution in [1.29, 1.82) is 0 Å². The third-order valence-corrected chi connectivity index (χ3v) is 9.63. The Labute approximate surface area is 253 Å². The molecule has 3 saturated heterocycles. The average molecular weight is 596 g/mol.